The Morgan fingerprint density at radius 3 is 2.43 bits per heavy atom. The summed E-state index contributed by atoms with van der Waals surface area (Å²) in [7, 11) is 0. The number of rotatable bonds is 4. The molecule has 1 saturated heterocycles. The van der Waals surface area contributed by atoms with Crippen LogP contribution < -0.4 is 0 Å². The molecule has 5 heteroatoms. The van der Waals surface area contributed by atoms with Crippen molar-refractivity contribution in [2.75, 3.05) is 13.1 Å². The van der Waals surface area contributed by atoms with Crippen molar-refractivity contribution in [1.29, 1.82) is 0 Å². The zero-order valence-electron chi connectivity index (χ0n) is 15.6. The van der Waals surface area contributed by atoms with E-state index in [1.165, 1.54) is 0 Å². The van der Waals surface area contributed by atoms with E-state index < -0.39 is 0 Å². The van der Waals surface area contributed by atoms with Gasteiger partial charge in [-0.1, -0.05) is 65.7 Å². The molecule has 144 valence electrons. The van der Waals surface area contributed by atoms with Crippen molar-refractivity contribution >= 4 is 41.0 Å². The van der Waals surface area contributed by atoms with Crippen molar-refractivity contribution in [3.63, 3.8) is 0 Å². The molecule has 3 nitrogen and oxygen atoms in total. The first-order valence-electron chi connectivity index (χ1n) is 9.15. The Bertz CT molecular complexity index is 948. The topological polar surface area (TPSA) is 37.4 Å². The van der Waals surface area contributed by atoms with Crippen LogP contribution in [0.25, 0.3) is 6.08 Å². The highest BCUT2D eigenvalue weighted by atomic mass is 35.5. The molecule has 0 N–H and O–H groups in total. The maximum Gasteiger partial charge on any atom is 0.223 e. The number of hydrogen-bond donors (Lipinski definition) is 0. The smallest absolute Gasteiger partial charge is 0.223 e. The summed E-state index contributed by atoms with van der Waals surface area (Å²) in [5, 5.41) is 0.895. The number of carbonyl (C=O) groups is 2. The molecule has 1 amide bonds. The Labute approximate surface area is 175 Å². The Hall–Kier alpha value is -2.36. The minimum absolute atomic E-state index is 0.0271. The molecule has 28 heavy (non-hydrogen) atoms. The van der Waals surface area contributed by atoms with Crippen molar-refractivity contribution < 1.29 is 9.59 Å². The van der Waals surface area contributed by atoms with Gasteiger partial charge in [0.25, 0.3) is 0 Å². The van der Waals surface area contributed by atoms with E-state index in [0.717, 1.165) is 11.1 Å². The third-order valence-corrected chi connectivity index (χ3v) is 5.50. The summed E-state index contributed by atoms with van der Waals surface area (Å²) in [6.07, 6.45) is 4.66. The Morgan fingerprint density at radius 1 is 1.04 bits per heavy atom. The number of halogens is 2. The highest BCUT2D eigenvalue weighted by molar-refractivity contribution is 6.42. The van der Waals surface area contributed by atoms with Crippen LogP contribution in [0.4, 0.5) is 0 Å². The van der Waals surface area contributed by atoms with Gasteiger partial charge in [0.1, 0.15) is 0 Å². The molecule has 1 aliphatic rings. The lowest BCUT2D eigenvalue weighted by molar-refractivity contribution is -0.131. The average Bonchev–Trinajstić information content (AvgIpc) is 2.71. The minimum Gasteiger partial charge on any atom is -0.334 e. The van der Waals surface area contributed by atoms with Crippen molar-refractivity contribution in [2.24, 2.45) is 0 Å². The summed E-state index contributed by atoms with van der Waals surface area (Å²) in [5.74, 6) is 0.0106. The van der Waals surface area contributed by atoms with Gasteiger partial charge in [0, 0.05) is 30.7 Å². The summed E-state index contributed by atoms with van der Waals surface area (Å²) in [6, 6.07) is 15.1. The van der Waals surface area contributed by atoms with E-state index in [4.69, 9.17) is 23.2 Å². The fourth-order valence-corrected chi connectivity index (χ4v) is 3.49. The zero-order chi connectivity index (χ0) is 20.1. The van der Waals surface area contributed by atoms with E-state index in [2.05, 4.69) is 0 Å². The molecule has 1 fully saturated rings. The molecule has 0 unspecified atom stereocenters. The monoisotopic (exact) mass is 413 g/mol. The van der Waals surface area contributed by atoms with Crippen LogP contribution in [0.1, 0.15) is 24.5 Å². The molecule has 1 heterocycles. The number of aryl methyl sites for hydroxylation is 1. The lowest BCUT2D eigenvalue weighted by Gasteiger charge is -2.30. The van der Waals surface area contributed by atoms with E-state index in [9.17, 15) is 9.59 Å². The number of hydrogen-bond acceptors (Lipinski definition) is 2. The second-order valence-electron chi connectivity index (χ2n) is 6.72. The number of carbonyl (C=O) groups excluding carboxylic acids is 2. The van der Waals surface area contributed by atoms with Gasteiger partial charge in [-0.15, -0.1) is 0 Å². The van der Waals surface area contributed by atoms with E-state index >= 15 is 0 Å². The SMILES string of the molecule is C/C=C1\CN(C(=O)CCc2ccccc2)C/C(=C\c2ccc(Cl)c(Cl)c2)C1=O. The maximum absolute atomic E-state index is 12.8. The van der Waals surface area contributed by atoms with Gasteiger partial charge in [-0.3, -0.25) is 9.59 Å². The number of likely N-dealkylation sites (tertiary alicyclic amines) is 1. The molecule has 0 bridgehead atoms. The van der Waals surface area contributed by atoms with Gasteiger partial charge in [0.2, 0.25) is 5.91 Å². The van der Waals surface area contributed by atoms with Gasteiger partial charge in [0.05, 0.1) is 10.0 Å². The number of ketones is 1. The van der Waals surface area contributed by atoms with Gasteiger partial charge in [-0.25, -0.2) is 0 Å². The quantitative estimate of drug-likeness (QED) is 0.631. The van der Waals surface area contributed by atoms with Gasteiger partial charge < -0.3 is 4.90 Å². The van der Waals surface area contributed by atoms with E-state index in [-0.39, 0.29) is 11.7 Å². The Morgan fingerprint density at radius 2 is 1.75 bits per heavy atom. The number of amides is 1. The normalized spacial score (nSPS) is 17.4. The van der Waals surface area contributed by atoms with Crippen molar-refractivity contribution in [3.8, 4) is 0 Å². The van der Waals surface area contributed by atoms with Crippen LogP contribution in [0.5, 0.6) is 0 Å². The maximum atomic E-state index is 12.8. The van der Waals surface area contributed by atoms with Crippen LogP contribution in [0.15, 0.2) is 65.8 Å². The number of Topliss-reactive ketones (excluding diaryl/α,β-unsaturated/α-hetero) is 1. The summed E-state index contributed by atoms with van der Waals surface area (Å²) < 4.78 is 0. The Balaban J connectivity index is 1.77. The summed E-state index contributed by atoms with van der Waals surface area (Å²) in [4.78, 5) is 27.2. The first-order valence-corrected chi connectivity index (χ1v) is 9.90. The molecule has 0 spiro atoms. The third kappa shape index (κ3) is 4.92. The molecule has 0 radical (unpaired) electrons. The number of piperidine rings is 1. The van der Waals surface area contributed by atoms with Crippen LogP contribution >= 0.6 is 23.2 Å². The third-order valence-electron chi connectivity index (χ3n) is 4.76. The summed E-state index contributed by atoms with van der Waals surface area (Å²) >= 11 is 12.0. The van der Waals surface area contributed by atoms with E-state index in [1.54, 1.807) is 35.3 Å². The second-order valence-corrected chi connectivity index (χ2v) is 7.54. The highest BCUT2D eigenvalue weighted by Gasteiger charge is 2.28. The molecule has 3 rings (SSSR count). The fraction of sp³-hybridized carbons (Fsp3) is 0.217. The van der Waals surface area contributed by atoms with Crippen LogP contribution in [0.2, 0.25) is 10.0 Å². The lowest BCUT2D eigenvalue weighted by Crippen LogP contribution is -2.41. The van der Waals surface area contributed by atoms with Gasteiger partial charge in [-0.2, -0.15) is 0 Å². The molecule has 0 aromatic heterocycles. The van der Waals surface area contributed by atoms with Gasteiger partial charge in [0.15, 0.2) is 5.78 Å². The van der Waals surface area contributed by atoms with E-state index in [0.29, 0.717) is 47.1 Å². The molecular weight excluding hydrogens is 393 g/mol. The molecule has 0 aliphatic carbocycles. The summed E-state index contributed by atoms with van der Waals surface area (Å²) in [6.45, 7) is 2.47. The van der Waals surface area contributed by atoms with Crippen LogP contribution in [-0.2, 0) is 16.0 Å². The van der Waals surface area contributed by atoms with Gasteiger partial charge >= 0.3 is 0 Å². The predicted molar refractivity (Wildman–Crippen MR) is 115 cm³/mol. The predicted octanol–water partition coefficient (Wildman–Crippen LogP) is 5.37. The lowest BCUT2D eigenvalue weighted by atomic mass is 9.95. The molecule has 2 aromatic carbocycles. The molecule has 2 aromatic rings. The van der Waals surface area contributed by atoms with Crippen LogP contribution in [0, 0.1) is 0 Å². The number of allylic oxidation sites excluding steroid dienone is 1. The standard InChI is InChI=1S/C23H21Cl2NO2/c1-2-18-14-26(22(27)11-9-16-6-4-3-5-7-16)15-19(23(18)28)12-17-8-10-20(24)21(25)13-17/h2-8,10,12-13H,9,11,14-15H2,1H3/b18-2+,19-12+. The molecular formula is C23H21Cl2NO2. The number of benzene rings is 2. The minimum atomic E-state index is -0.0271. The first-order chi connectivity index (χ1) is 13.5. The van der Waals surface area contributed by atoms with Crippen molar-refractivity contribution in [2.45, 2.75) is 19.8 Å². The van der Waals surface area contributed by atoms with Crippen molar-refractivity contribution in [3.05, 3.63) is 86.9 Å². The average molecular weight is 414 g/mol. The Kier molecular flexibility index (Phi) is 6.71. The summed E-state index contributed by atoms with van der Waals surface area (Å²) in [5.41, 5.74) is 3.12. The largest absolute Gasteiger partial charge is 0.334 e. The zero-order valence-corrected chi connectivity index (χ0v) is 17.1. The molecule has 0 saturated carbocycles. The highest BCUT2D eigenvalue weighted by Crippen LogP contribution is 2.26. The van der Waals surface area contributed by atoms with Crippen molar-refractivity contribution in [1.82, 2.24) is 4.90 Å². The van der Waals surface area contributed by atoms with Crippen LogP contribution in [-0.4, -0.2) is 29.7 Å². The number of nitrogens with zero attached hydrogens (tertiary/aromatic N) is 1. The molecule has 0 atom stereocenters. The van der Waals surface area contributed by atoms with E-state index in [1.807, 2.05) is 37.3 Å². The fourth-order valence-electron chi connectivity index (χ4n) is 3.18. The molecule has 1 aliphatic heterocycles. The van der Waals surface area contributed by atoms with Gasteiger partial charge in [-0.05, 0) is 42.7 Å². The van der Waals surface area contributed by atoms with Crippen LogP contribution in [0.3, 0.4) is 0 Å². The second kappa shape index (κ2) is 9.22. The first kappa shape index (κ1) is 20.4.